The van der Waals surface area contributed by atoms with E-state index in [-0.39, 0.29) is 18.5 Å². The van der Waals surface area contributed by atoms with Crippen molar-refractivity contribution in [3.05, 3.63) is 60.8 Å². The van der Waals surface area contributed by atoms with Crippen LogP contribution < -0.4 is 5.32 Å². The number of nitrogens with one attached hydrogen (secondary N) is 1. The van der Waals surface area contributed by atoms with Crippen molar-refractivity contribution >= 4 is 11.9 Å². The Hall–Kier alpha value is -2.64. The molecule has 406 valence electrons. The van der Waals surface area contributed by atoms with Crippen LogP contribution in [0.3, 0.4) is 0 Å². The van der Waals surface area contributed by atoms with E-state index in [1.807, 2.05) is 6.08 Å². The fraction of sp³-hybridized carbons (Fsp3) is 0.797. The Balaban J connectivity index is 2.09. The van der Waals surface area contributed by atoms with Crippen LogP contribution in [0.25, 0.3) is 0 Å². The van der Waals surface area contributed by atoms with E-state index in [2.05, 4.69) is 67.8 Å². The lowest BCUT2D eigenvalue weighted by atomic mass is 9.99. The summed E-state index contributed by atoms with van der Waals surface area (Å²) in [5.41, 5.74) is 0. The summed E-state index contributed by atoms with van der Waals surface area (Å²) in [7, 11) is 0. The number of allylic oxidation sites excluding steroid dienone is 9. The highest BCUT2D eigenvalue weighted by molar-refractivity contribution is 5.76. The number of unbranched alkanes of at least 4 members (excludes halogenated alkanes) is 26. The van der Waals surface area contributed by atoms with E-state index in [0.29, 0.717) is 19.4 Å². The van der Waals surface area contributed by atoms with Crippen LogP contribution in [0.4, 0.5) is 0 Å². The lowest BCUT2D eigenvalue weighted by Crippen LogP contribution is -2.60. The molecule has 7 atom stereocenters. The number of esters is 1. The number of hydrogen-bond acceptors (Lipinski definition) is 10. The first-order chi connectivity index (χ1) is 34.2. The quantitative estimate of drug-likeness (QED) is 0.0196. The Kier molecular flexibility index (Phi) is 45.4. The summed E-state index contributed by atoms with van der Waals surface area (Å²) < 4.78 is 16.6. The average Bonchev–Trinajstić information content (AvgIpc) is 3.36. The smallest absolute Gasteiger partial charge is 0.305 e. The highest BCUT2D eigenvalue weighted by atomic mass is 16.7. The van der Waals surface area contributed by atoms with Gasteiger partial charge in [0, 0.05) is 12.8 Å². The summed E-state index contributed by atoms with van der Waals surface area (Å²) in [6.45, 7) is 4.22. The number of carbonyl (C=O) groups is 2. The van der Waals surface area contributed by atoms with Crippen molar-refractivity contribution in [2.45, 2.75) is 281 Å². The van der Waals surface area contributed by atoms with Gasteiger partial charge in [-0.15, -0.1) is 0 Å². The molecule has 70 heavy (non-hydrogen) atoms. The van der Waals surface area contributed by atoms with Crippen molar-refractivity contribution in [2.75, 3.05) is 19.8 Å². The van der Waals surface area contributed by atoms with Crippen molar-refractivity contribution in [3.63, 3.8) is 0 Å². The van der Waals surface area contributed by atoms with E-state index < -0.39 is 49.5 Å². The van der Waals surface area contributed by atoms with Crippen molar-refractivity contribution in [1.82, 2.24) is 5.32 Å². The van der Waals surface area contributed by atoms with Crippen LogP contribution >= 0.6 is 0 Å². The first-order valence-corrected chi connectivity index (χ1v) is 28.6. The molecule has 0 aromatic carbocycles. The molecule has 11 nitrogen and oxygen atoms in total. The zero-order valence-electron chi connectivity index (χ0n) is 44.5. The summed E-state index contributed by atoms with van der Waals surface area (Å²) in [5.74, 6) is -0.249. The van der Waals surface area contributed by atoms with Crippen LogP contribution in [0.1, 0.15) is 239 Å². The highest BCUT2D eigenvalue weighted by Gasteiger charge is 2.44. The van der Waals surface area contributed by atoms with E-state index in [4.69, 9.17) is 14.2 Å². The molecule has 0 saturated carbocycles. The molecule has 1 aliphatic rings. The topological polar surface area (TPSA) is 175 Å². The minimum absolute atomic E-state index is 0.0469. The van der Waals surface area contributed by atoms with Gasteiger partial charge in [0.05, 0.1) is 32.0 Å². The normalized spacial score (nSPS) is 19.7. The fourth-order valence-electron chi connectivity index (χ4n) is 8.49. The molecule has 1 fully saturated rings. The molecule has 1 aliphatic heterocycles. The number of ether oxygens (including phenoxy) is 3. The van der Waals surface area contributed by atoms with E-state index in [1.165, 1.54) is 103 Å². The van der Waals surface area contributed by atoms with Gasteiger partial charge in [0.1, 0.15) is 24.4 Å². The summed E-state index contributed by atoms with van der Waals surface area (Å²) in [4.78, 5) is 25.0. The molecule has 11 heteroatoms. The molecule has 1 amide bonds. The van der Waals surface area contributed by atoms with Gasteiger partial charge in [-0.1, -0.05) is 184 Å². The van der Waals surface area contributed by atoms with Crippen LogP contribution in [-0.4, -0.2) is 100 Å². The maximum Gasteiger partial charge on any atom is 0.305 e. The van der Waals surface area contributed by atoms with E-state index in [1.54, 1.807) is 6.08 Å². The Bertz CT molecular complexity index is 1350. The standard InChI is InChI=1S/C59H105NO10/c1-3-5-7-9-11-13-14-15-16-21-24-27-31-35-39-43-47-55(64)68-48-44-40-36-32-28-25-22-19-17-18-20-23-26-30-34-38-42-46-54(63)60-51(52(62)45-41-37-33-29-12-10-8-6-4-2)50-69-59-58(67)57(66)56(65)53(49-61)70-59/h13-14,16-17,19,21,25,28,41,45,51-53,56-59,61-62,65-67H,3-12,15,18,20,22-24,26-27,29-40,42-44,46-50H2,1-2H3,(H,60,63)/b14-13-,19-17-,21-16-,28-25-,45-41+. The number of rotatable bonds is 48. The van der Waals surface area contributed by atoms with Gasteiger partial charge in [-0.25, -0.2) is 0 Å². The molecule has 1 rings (SSSR count). The first kappa shape index (κ1) is 65.4. The summed E-state index contributed by atoms with van der Waals surface area (Å²) in [5, 5.41) is 54.1. The second kappa shape index (κ2) is 48.6. The molecule has 0 bridgehead atoms. The second-order valence-electron chi connectivity index (χ2n) is 19.6. The zero-order chi connectivity index (χ0) is 51.0. The number of carbonyl (C=O) groups excluding carboxylic acids is 2. The van der Waals surface area contributed by atoms with Crippen molar-refractivity contribution in [2.24, 2.45) is 0 Å². The Morgan fingerprint density at radius 3 is 1.46 bits per heavy atom. The third-order valence-electron chi connectivity index (χ3n) is 13.1. The van der Waals surface area contributed by atoms with E-state index in [0.717, 1.165) is 109 Å². The summed E-state index contributed by atoms with van der Waals surface area (Å²) in [6.07, 6.45) is 51.7. The molecule has 7 unspecified atom stereocenters. The highest BCUT2D eigenvalue weighted by Crippen LogP contribution is 2.23. The van der Waals surface area contributed by atoms with Gasteiger partial charge < -0.3 is 45.1 Å². The first-order valence-electron chi connectivity index (χ1n) is 28.6. The van der Waals surface area contributed by atoms with Gasteiger partial charge >= 0.3 is 5.97 Å². The molecular weight excluding hydrogens is 883 g/mol. The van der Waals surface area contributed by atoms with Gasteiger partial charge in [-0.05, 0) is 103 Å². The Morgan fingerprint density at radius 2 is 0.957 bits per heavy atom. The van der Waals surface area contributed by atoms with Gasteiger partial charge in [-0.2, -0.15) is 0 Å². The molecule has 0 spiro atoms. The number of amides is 1. The molecule has 0 radical (unpaired) electrons. The molecule has 1 heterocycles. The summed E-state index contributed by atoms with van der Waals surface area (Å²) in [6, 6.07) is -0.822. The van der Waals surface area contributed by atoms with Gasteiger partial charge in [0.15, 0.2) is 6.29 Å². The minimum atomic E-state index is -1.58. The third kappa shape index (κ3) is 38.0. The van der Waals surface area contributed by atoms with Gasteiger partial charge in [0.2, 0.25) is 5.91 Å². The second-order valence-corrected chi connectivity index (χ2v) is 19.6. The van der Waals surface area contributed by atoms with Crippen LogP contribution in [0, 0.1) is 0 Å². The molecule has 0 aromatic rings. The predicted octanol–water partition coefficient (Wildman–Crippen LogP) is 12.7. The van der Waals surface area contributed by atoms with Crippen molar-refractivity contribution in [1.29, 1.82) is 0 Å². The lowest BCUT2D eigenvalue weighted by molar-refractivity contribution is -0.302. The number of hydrogen-bond donors (Lipinski definition) is 6. The maximum absolute atomic E-state index is 13.0. The van der Waals surface area contributed by atoms with E-state index >= 15 is 0 Å². The molecule has 0 aromatic heterocycles. The van der Waals surface area contributed by atoms with Crippen LogP contribution in [0.5, 0.6) is 0 Å². The molecule has 0 aliphatic carbocycles. The number of aliphatic hydroxyl groups excluding tert-OH is 5. The zero-order valence-corrected chi connectivity index (χ0v) is 44.5. The Labute approximate surface area is 427 Å². The average molecular weight is 988 g/mol. The molecule has 1 saturated heterocycles. The largest absolute Gasteiger partial charge is 0.466 e. The number of aliphatic hydroxyl groups is 5. The van der Waals surface area contributed by atoms with Crippen molar-refractivity contribution in [3.8, 4) is 0 Å². The minimum Gasteiger partial charge on any atom is -0.466 e. The predicted molar refractivity (Wildman–Crippen MR) is 287 cm³/mol. The lowest BCUT2D eigenvalue weighted by Gasteiger charge is -2.40. The summed E-state index contributed by atoms with van der Waals surface area (Å²) >= 11 is 0. The van der Waals surface area contributed by atoms with Crippen molar-refractivity contribution < 1.29 is 49.3 Å². The third-order valence-corrected chi connectivity index (χ3v) is 13.1. The monoisotopic (exact) mass is 988 g/mol. The SMILES string of the molecule is CCCCCC/C=C\C/C=C\CCCCCCCC(=O)OCCCCC/C=C\C/C=C\CCCCCCCCCC(=O)NC(COC1OC(CO)C(O)C(O)C1O)C(O)/C=C/CCCCCCCCC. The fourth-order valence-corrected chi connectivity index (χ4v) is 8.49. The van der Waals surface area contributed by atoms with E-state index in [9.17, 15) is 35.1 Å². The van der Waals surface area contributed by atoms with Gasteiger partial charge in [-0.3, -0.25) is 9.59 Å². The van der Waals surface area contributed by atoms with Crippen LogP contribution in [-0.2, 0) is 23.8 Å². The maximum atomic E-state index is 13.0. The van der Waals surface area contributed by atoms with Gasteiger partial charge in [0.25, 0.3) is 0 Å². The Morgan fingerprint density at radius 1 is 0.529 bits per heavy atom. The molecular formula is C59H105NO10. The molecule has 6 N–H and O–H groups in total. The van der Waals surface area contributed by atoms with Crippen LogP contribution in [0.15, 0.2) is 60.8 Å². The van der Waals surface area contributed by atoms with Crippen LogP contribution in [0.2, 0.25) is 0 Å².